The van der Waals surface area contributed by atoms with Gasteiger partial charge >= 0.3 is 0 Å². The van der Waals surface area contributed by atoms with Crippen molar-refractivity contribution in [1.82, 2.24) is 0 Å². The highest BCUT2D eigenvalue weighted by atomic mass is 13.9. The molecule has 4 aromatic carbocycles. The average Bonchev–Trinajstić information content (AvgIpc) is 2.91. The summed E-state index contributed by atoms with van der Waals surface area (Å²) in [7, 11) is 0. The van der Waals surface area contributed by atoms with Crippen molar-refractivity contribution in [2.24, 2.45) is 0 Å². The molecule has 0 saturated heterocycles. The molecule has 4 rings (SSSR count). The van der Waals surface area contributed by atoms with E-state index in [1.165, 1.54) is 27.8 Å². The van der Waals surface area contributed by atoms with E-state index in [0.717, 1.165) is 0 Å². The quantitative estimate of drug-likeness (QED) is 0.302. The second kappa shape index (κ2) is 17.5. The molecule has 0 aliphatic rings. The number of aryl methyl sites for hydroxylation is 1. The van der Waals surface area contributed by atoms with E-state index >= 15 is 0 Å². The Morgan fingerprint density at radius 1 is 0.364 bits per heavy atom. The molecule has 0 fully saturated rings. The van der Waals surface area contributed by atoms with E-state index in [0.29, 0.717) is 0 Å². The topological polar surface area (TPSA) is 0 Å². The number of benzene rings is 4. The molecule has 0 nitrogen and oxygen atoms in total. The van der Waals surface area contributed by atoms with E-state index in [1.807, 2.05) is 115 Å². The van der Waals surface area contributed by atoms with Crippen molar-refractivity contribution in [3.63, 3.8) is 0 Å². The van der Waals surface area contributed by atoms with Gasteiger partial charge in [-0.1, -0.05) is 171 Å². The maximum atomic E-state index is 3.66. The van der Waals surface area contributed by atoms with Gasteiger partial charge in [-0.15, -0.1) is 0 Å². The van der Waals surface area contributed by atoms with E-state index in [9.17, 15) is 0 Å². The van der Waals surface area contributed by atoms with Crippen LogP contribution in [-0.4, -0.2) is 0 Å². The fraction of sp³-hybridized carbons (Fsp3) is 0.0303. The van der Waals surface area contributed by atoms with Crippen LogP contribution in [0.4, 0.5) is 0 Å². The minimum Gasteiger partial charge on any atom is -0.0985 e. The van der Waals surface area contributed by atoms with Crippen LogP contribution in [-0.2, 0) is 0 Å². The van der Waals surface area contributed by atoms with Gasteiger partial charge in [-0.05, 0) is 29.2 Å². The summed E-state index contributed by atoms with van der Waals surface area (Å²) >= 11 is 0. The fourth-order valence-electron chi connectivity index (χ4n) is 2.47. The van der Waals surface area contributed by atoms with Crippen LogP contribution >= 0.6 is 0 Å². The molecule has 0 N–H and O–H groups in total. The molecule has 0 heterocycles. The largest absolute Gasteiger partial charge is 0.0985 e. The van der Waals surface area contributed by atoms with Gasteiger partial charge in [0.1, 0.15) is 0 Å². The van der Waals surface area contributed by atoms with E-state index in [4.69, 9.17) is 0 Å². The first kappa shape index (κ1) is 26.9. The first-order valence-electron chi connectivity index (χ1n) is 10.8. The van der Waals surface area contributed by atoms with Gasteiger partial charge in [-0.25, -0.2) is 0 Å². The maximum absolute atomic E-state index is 3.66. The summed E-state index contributed by atoms with van der Waals surface area (Å²) in [6.07, 6.45) is 7.35. The van der Waals surface area contributed by atoms with Gasteiger partial charge < -0.3 is 0 Å². The molecule has 0 heteroatoms. The lowest BCUT2D eigenvalue weighted by atomic mass is 10.2. The van der Waals surface area contributed by atoms with Crippen molar-refractivity contribution >= 4 is 24.3 Å². The monoisotopic (exact) mass is 430 g/mol. The highest BCUT2D eigenvalue weighted by Crippen LogP contribution is 2.03. The Morgan fingerprint density at radius 2 is 0.606 bits per heavy atom. The molecule has 0 aliphatic heterocycles. The molecule has 0 spiro atoms. The third-order valence-corrected chi connectivity index (χ3v) is 4.42. The molecular formula is C33H34. The molecule has 0 saturated carbocycles. The van der Waals surface area contributed by atoms with Crippen molar-refractivity contribution in [2.75, 3.05) is 0 Å². The van der Waals surface area contributed by atoms with Gasteiger partial charge in [0.25, 0.3) is 0 Å². The molecule has 4 aromatic rings. The van der Waals surface area contributed by atoms with Gasteiger partial charge in [0.05, 0.1) is 0 Å². The normalized spacial score (nSPS) is 8.64. The van der Waals surface area contributed by atoms with Crippen LogP contribution in [0, 0.1) is 6.92 Å². The zero-order valence-corrected chi connectivity index (χ0v) is 19.6. The SMILES string of the molecule is C=Cc1ccc(C)cc1.C=Cc1ccccc1.C=Cc1ccccc1.C=Cc1ccccc1. The van der Waals surface area contributed by atoms with E-state index in [1.54, 1.807) is 0 Å². The number of rotatable bonds is 4. The minimum absolute atomic E-state index is 1.17. The molecule has 166 valence electrons. The van der Waals surface area contributed by atoms with Gasteiger partial charge in [0, 0.05) is 0 Å². The molecule has 0 radical (unpaired) electrons. The lowest BCUT2D eigenvalue weighted by Gasteiger charge is -1.91. The molecule has 0 bridgehead atoms. The van der Waals surface area contributed by atoms with Crippen LogP contribution in [0.3, 0.4) is 0 Å². The van der Waals surface area contributed by atoms with E-state index in [2.05, 4.69) is 57.5 Å². The van der Waals surface area contributed by atoms with Crippen LogP contribution in [0.15, 0.2) is 142 Å². The lowest BCUT2D eigenvalue weighted by Crippen LogP contribution is -1.71. The van der Waals surface area contributed by atoms with Gasteiger partial charge in [-0.2, -0.15) is 0 Å². The molecule has 33 heavy (non-hydrogen) atoms. The molecule has 0 amide bonds. The van der Waals surface area contributed by atoms with Crippen LogP contribution in [0.25, 0.3) is 24.3 Å². The van der Waals surface area contributed by atoms with Gasteiger partial charge in [0.15, 0.2) is 0 Å². The summed E-state index contributed by atoms with van der Waals surface area (Å²) < 4.78 is 0. The summed E-state index contributed by atoms with van der Waals surface area (Å²) in [6.45, 7) is 16.6. The van der Waals surface area contributed by atoms with Crippen LogP contribution in [0.2, 0.25) is 0 Å². The van der Waals surface area contributed by atoms with Crippen molar-refractivity contribution in [1.29, 1.82) is 0 Å². The molecule has 0 aliphatic carbocycles. The zero-order valence-electron chi connectivity index (χ0n) is 19.6. The highest BCUT2D eigenvalue weighted by molar-refractivity contribution is 5.47. The summed E-state index contributed by atoms with van der Waals surface area (Å²) in [6, 6.07) is 38.4. The molecular weight excluding hydrogens is 396 g/mol. The Labute approximate surface area is 200 Å². The maximum Gasteiger partial charge on any atom is -0.0262 e. The van der Waals surface area contributed by atoms with Crippen molar-refractivity contribution in [3.8, 4) is 0 Å². The standard InChI is InChI=1S/C9H10.3C8H8/c1-3-9-6-4-8(2)5-7-9;3*1-2-8-6-4-3-5-7-8/h3-7H,1H2,2H3;3*2-7H,1H2. The Bertz CT molecular complexity index is 938. The molecule has 0 unspecified atom stereocenters. The molecule has 0 aromatic heterocycles. The van der Waals surface area contributed by atoms with Crippen molar-refractivity contribution in [3.05, 3.63) is 169 Å². The third kappa shape index (κ3) is 13.0. The Morgan fingerprint density at radius 3 is 0.818 bits per heavy atom. The second-order valence-corrected chi connectivity index (χ2v) is 6.96. The van der Waals surface area contributed by atoms with Gasteiger partial charge in [-0.3, -0.25) is 0 Å². The molecule has 0 atom stereocenters. The smallest absolute Gasteiger partial charge is 0.0262 e. The summed E-state index contributed by atoms with van der Waals surface area (Å²) in [5, 5.41) is 0. The van der Waals surface area contributed by atoms with Crippen molar-refractivity contribution < 1.29 is 0 Å². The Kier molecular flexibility index (Phi) is 14.3. The second-order valence-electron chi connectivity index (χ2n) is 6.96. The Hall–Kier alpha value is -4.16. The predicted molar refractivity (Wildman–Crippen MR) is 151 cm³/mol. The summed E-state index contributed by atoms with van der Waals surface area (Å²) in [4.78, 5) is 0. The number of hydrogen-bond acceptors (Lipinski definition) is 0. The number of hydrogen-bond donors (Lipinski definition) is 0. The lowest BCUT2D eigenvalue weighted by molar-refractivity contribution is 1.46. The van der Waals surface area contributed by atoms with E-state index < -0.39 is 0 Å². The highest BCUT2D eigenvalue weighted by Gasteiger charge is 1.82. The zero-order chi connectivity index (χ0) is 24.2. The van der Waals surface area contributed by atoms with Crippen LogP contribution in [0.5, 0.6) is 0 Å². The summed E-state index contributed by atoms with van der Waals surface area (Å²) in [5.41, 5.74) is 5.99. The third-order valence-electron chi connectivity index (χ3n) is 4.42. The van der Waals surface area contributed by atoms with Crippen LogP contribution in [0.1, 0.15) is 27.8 Å². The Balaban J connectivity index is 0.000000220. The first-order valence-corrected chi connectivity index (χ1v) is 10.8. The predicted octanol–water partition coefficient (Wildman–Crippen LogP) is 9.63. The van der Waals surface area contributed by atoms with E-state index in [-0.39, 0.29) is 0 Å². The van der Waals surface area contributed by atoms with Crippen LogP contribution < -0.4 is 0 Å². The minimum atomic E-state index is 1.17. The first-order chi connectivity index (χ1) is 16.1. The fourth-order valence-corrected chi connectivity index (χ4v) is 2.47. The van der Waals surface area contributed by atoms with Gasteiger partial charge in [0.2, 0.25) is 0 Å². The van der Waals surface area contributed by atoms with Crippen molar-refractivity contribution in [2.45, 2.75) is 6.92 Å². The summed E-state index contributed by atoms with van der Waals surface area (Å²) in [5.74, 6) is 0. The average molecular weight is 431 g/mol.